The number of amides is 1. The highest BCUT2D eigenvalue weighted by atomic mass is 19.1. The molecule has 3 aromatic rings. The van der Waals surface area contributed by atoms with Gasteiger partial charge >= 0.3 is 0 Å². The van der Waals surface area contributed by atoms with E-state index in [4.69, 9.17) is 4.74 Å². The molecule has 1 aliphatic heterocycles. The highest BCUT2D eigenvalue weighted by Crippen LogP contribution is 2.30. The number of nitrogens with zero attached hydrogens (tertiary/aromatic N) is 3. The van der Waals surface area contributed by atoms with E-state index in [0.29, 0.717) is 24.6 Å². The second-order valence-corrected chi connectivity index (χ2v) is 6.39. The number of anilines is 1. The maximum atomic E-state index is 13.3. The average Bonchev–Trinajstić information content (AvgIpc) is 3.12. The van der Waals surface area contributed by atoms with Crippen LogP contribution in [0.2, 0.25) is 0 Å². The molecule has 0 saturated carbocycles. The lowest BCUT2D eigenvalue weighted by Gasteiger charge is -2.29. The molecule has 0 spiro atoms. The van der Waals surface area contributed by atoms with Gasteiger partial charge in [-0.05, 0) is 55.7 Å². The molecule has 1 amide bonds. The summed E-state index contributed by atoms with van der Waals surface area (Å²) in [5.74, 6) is -0.0847. The van der Waals surface area contributed by atoms with Crippen molar-refractivity contribution >= 4 is 11.6 Å². The number of hydrogen-bond acceptors (Lipinski definition) is 3. The summed E-state index contributed by atoms with van der Waals surface area (Å²) in [6.07, 6.45) is 3.54. The number of fused-ring (bicyclic) bond motifs is 1. The van der Waals surface area contributed by atoms with Crippen LogP contribution < -0.4 is 9.64 Å². The third kappa shape index (κ3) is 3.30. The van der Waals surface area contributed by atoms with Crippen molar-refractivity contribution in [3.63, 3.8) is 0 Å². The summed E-state index contributed by atoms with van der Waals surface area (Å²) in [6, 6.07) is 13.9. The lowest BCUT2D eigenvalue weighted by Crippen LogP contribution is -2.36. The Bertz CT molecular complexity index is 966. The number of carbonyl (C=O) groups is 1. The van der Waals surface area contributed by atoms with E-state index in [1.54, 1.807) is 27.9 Å². The Balaban J connectivity index is 1.72. The molecule has 0 N–H and O–H groups in total. The van der Waals surface area contributed by atoms with Gasteiger partial charge < -0.3 is 9.64 Å². The summed E-state index contributed by atoms with van der Waals surface area (Å²) >= 11 is 0. The van der Waals surface area contributed by atoms with Crippen LogP contribution in [-0.2, 0) is 6.42 Å². The number of rotatable bonds is 4. The van der Waals surface area contributed by atoms with Gasteiger partial charge in [-0.25, -0.2) is 9.07 Å². The Hall–Kier alpha value is -3.15. The smallest absolute Gasteiger partial charge is 0.282 e. The van der Waals surface area contributed by atoms with E-state index in [1.807, 2.05) is 25.1 Å². The van der Waals surface area contributed by atoms with Crippen LogP contribution in [0.3, 0.4) is 0 Å². The predicted molar refractivity (Wildman–Crippen MR) is 101 cm³/mol. The summed E-state index contributed by atoms with van der Waals surface area (Å²) in [7, 11) is 0. The summed E-state index contributed by atoms with van der Waals surface area (Å²) in [5, 5.41) is 4.45. The van der Waals surface area contributed by atoms with Crippen LogP contribution in [0.15, 0.2) is 54.7 Å². The van der Waals surface area contributed by atoms with Gasteiger partial charge in [-0.3, -0.25) is 4.79 Å². The van der Waals surface area contributed by atoms with Gasteiger partial charge in [-0.2, -0.15) is 5.10 Å². The van der Waals surface area contributed by atoms with Crippen molar-refractivity contribution in [1.29, 1.82) is 0 Å². The van der Waals surface area contributed by atoms with Gasteiger partial charge in [0.25, 0.3) is 5.91 Å². The number of hydrogen-bond donors (Lipinski definition) is 0. The molecular formula is C21H20FN3O2. The minimum absolute atomic E-state index is 0.188. The molecule has 0 unspecified atom stereocenters. The van der Waals surface area contributed by atoms with Crippen LogP contribution in [0.4, 0.5) is 10.1 Å². The van der Waals surface area contributed by atoms with Crippen LogP contribution in [0, 0.1) is 5.82 Å². The first kappa shape index (κ1) is 17.3. The summed E-state index contributed by atoms with van der Waals surface area (Å²) in [4.78, 5) is 15.0. The molecular weight excluding hydrogens is 345 g/mol. The standard InChI is InChI=1S/C21H20FN3O2/c1-2-27-19-14-25(17-11-9-16(22)10-12-17)23-20(19)21(26)24-13-5-7-15-6-3-4-8-18(15)24/h3-4,6,8-12,14H,2,5,7,13H2,1H3. The number of benzene rings is 2. The molecule has 6 heteroatoms. The molecule has 1 aromatic heterocycles. The molecule has 4 rings (SSSR count). The van der Waals surface area contributed by atoms with E-state index in [9.17, 15) is 9.18 Å². The second-order valence-electron chi connectivity index (χ2n) is 6.39. The van der Waals surface area contributed by atoms with Crippen LogP contribution in [0.25, 0.3) is 5.69 Å². The zero-order valence-electron chi connectivity index (χ0n) is 15.1. The van der Waals surface area contributed by atoms with Crippen molar-refractivity contribution in [2.45, 2.75) is 19.8 Å². The minimum Gasteiger partial charge on any atom is -0.490 e. The van der Waals surface area contributed by atoms with Gasteiger partial charge in [-0.1, -0.05) is 18.2 Å². The quantitative estimate of drug-likeness (QED) is 0.702. The van der Waals surface area contributed by atoms with Crippen molar-refractivity contribution in [3.05, 3.63) is 71.8 Å². The van der Waals surface area contributed by atoms with Crippen LogP contribution in [-0.4, -0.2) is 28.8 Å². The fourth-order valence-electron chi connectivity index (χ4n) is 3.37. The maximum absolute atomic E-state index is 13.3. The van der Waals surface area contributed by atoms with Gasteiger partial charge in [0.1, 0.15) is 5.82 Å². The molecule has 138 valence electrons. The Morgan fingerprint density at radius 3 is 2.74 bits per heavy atom. The Labute approximate surface area is 157 Å². The number of aryl methyl sites for hydroxylation is 1. The first-order valence-corrected chi connectivity index (χ1v) is 9.05. The number of halogens is 1. The zero-order chi connectivity index (χ0) is 18.8. The molecule has 1 aliphatic rings. The van der Waals surface area contributed by atoms with E-state index < -0.39 is 0 Å². The van der Waals surface area contributed by atoms with Crippen molar-refractivity contribution in [1.82, 2.24) is 9.78 Å². The number of aromatic nitrogens is 2. The summed E-state index contributed by atoms with van der Waals surface area (Å²) < 4.78 is 20.4. The Kier molecular flexibility index (Phi) is 4.62. The van der Waals surface area contributed by atoms with Crippen molar-refractivity contribution in [3.8, 4) is 11.4 Å². The van der Waals surface area contributed by atoms with Gasteiger partial charge in [-0.15, -0.1) is 0 Å². The number of para-hydroxylation sites is 1. The molecule has 0 aliphatic carbocycles. The summed E-state index contributed by atoms with van der Waals surface area (Å²) in [6.45, 7) is 2.93. The van der Waals surface area contributed by atoms with Gasteiger partial charge in [0.05, 0.1) is 18.5 Å². The molecule has 27 heavy (non-hydrogen) atoms. The molecule has 5 nitrogen and oxygen atoms in total. The third-order valence-electron chi connectivity index (χ3n) is 4.63. The zero-order valence-corrected chi connectivity index (χ0v) is 15.1. The fraction of sp³-hybridized carbons (Fsp3) is 0.238. The molecule has 0 bridgehead atoms. The Morgan fingerprint density at radius 1 is 1.19 bits per heavy atom. The van der Waals surface area contributed by atoms with Crippen LogP contribution in [0.5, 0.6) is 5.75 Å². The van der Waals surface area contributed by atoms with Crippen LogP contribution in [0.1, 0.15) is 29.4 Å². The lowest BCUT2D eigenvalue weighted by atomic mass is 10.0. The van der Waals surface area contributed by atoms with Gasteiger partial charge in [0, 0.05) is 12.2 Å². The van der Waals surface area contributed by atoms with Crippen LogP contribution >= 0.6 is 0 Å². The van der Waals surface area contributed by atoms with Gasteiger partial charge in [0.2, 0.25) is 0 Å². The van der Waals surface area contributed by atoms with E-state index in [1.165, 1.54) is 12.1 Å². The largest absolute Gasteiger partial charge is 0.490 e. The molecule has 0 radical (unpaired) electrons. The van der Waals surface area contributed by atoms with E-state index in [2.05, 4.69) is 11.2 Å². The monoisotopic (exact) mass is 365 g/mol. The molecule has 0 saturated heterocycles. The Morgan fingerprint density at radius 2 is 1.96 bits per heavy atom. The number of carbonyl (C=O) groups excluding carboxylic acids is 1. The van der Waals surface area contributed by atoms with Crippen molar-refractivity contribution in [2.24, 2.45) is 0 Å². The first-order valence-electron chi connectivity index (χ1n) is 9.05. The highest BCUT2D eigenvalue weighted by molar-refractivity contribution is 6.07. The highest BCUT2D eigenvalue weighted by Gasteiger charge is 2.28. The first-order chi connectivity index (χ1) is 13.2. The SMILES string of the molecule is CCOc1cn(-c2ccc(F)cc2)nc1C(=O)N1CCCc2ccccc21. The molecule has 2 heterocycles. The maximum Gasteiger partial charge on any atom is 0.282 e. The molecule has 0 fully saturated rings. The van der Waals surface area contributed by atoms with Gasteiger partial charge in [0.15, 0.2) is 11.4 Å². The third-order valence-corrected chi connectivity index (χ3v) is 4.63. The van der Waals surface area contributed by atoms with E-state index in [0.717, 1.165) is 24.1 Å². The van der Waals surface area contributed by atoms with E-state index >= 15 is 0 Å². The molecule has 2 aromatic carbocycles. The minimum atomic E-state index is -0.322. The topological polar surface area (TPSA) is 47.4 Å². The average molecular weight is 365 g/mol. The van der Waals surface area contributed by atoms with Crippen molar-refractivity contribution in [2.75, 3.05) is 18.1 Å². The van der Waals surface area contributed by atoms with E-state index in [-0.39, 0.29) is 17.4 Å². The lowest BCUT2D eigenvalue weighted by molar-refractivity contribution is 0.0976. The summed E-state index contributed by atoms with van der Waals surface area (Å²) in [5.41, 5.74) is 3.01. The molecule has 0 atom stereocenters. The normalized spacial score (nSPS) is 13.3. The fourth-order valence-corrected chi connectivity index (χ4v) is 3.37. The second kappa shape index (κ2) is 7.23. The number of ether oxygens (including phenoxy) is 1. The predicted octanol–water partition coefficient (Wildman–Crippen LogP) is 4.00. The van der Waals surface area contributed by atoms with Crippen molar-refractivity contribution < 1.29 is 13.9 Å².